The first-order valence-electron chi connectivity index (χ1n) is 9.92. The highest BCUT2D eigenvalue weighted by atomic mass is 35.5. The van der Waals surface area contributed by atoms with Crippen LogP contribution in [-0.4, -0.2) is 35.2 Å². The lowest BCUT2D eigenvalue weighted by molar-refractivity contribution is -0.147. The van der Waals surface area contributed by atoms with Crippen molar-refractivity contribution in [3.05, 3.63) is 34.9 Å². The van der Waals surface area contributed by atoms with Gasteiger partial charge in [0, 0.05) is 11.1 Å². The maximum absolute atomic E-state index is 12.6. The van der Waals surface area contributed by atoms with E-state index in [9.17, 15) is 9.90 Å². The van der Waals surface area contributed by atoms with Crippen LogP contribution in [0.15, 0.2) is 24.3 Å². The Kier molecular flexibility index (Phi) is 5.02. The van der Waals surface area contributed by atoms with E-state index < -0.39 is 5.60 Å². The summed E-state index contributed by atoms with van der Waals surface area (Å²) in [7, 11) is 0. The van der Waals surface area contributed by atoms with Crippen LogP contribution in [0.25, 0.3) is 0 Å². The molecular weight excluding hydrogens is 348 g/mol. The van der Waals surface area contributed by atoms with Gasteiger partial charge in [-0.05, 0) is 87.4 Å². The number of amides is 1. The minimum Gasteiger partial charge on any atom is -0.390 e. The van der Waals surface area contributed by atoms with Crippen LogP contribution < -0.4 is 10.6 Å². The molecule has 4 fully saturated rings. The molecule has 1 amide bonds. The Labute approximate surface area is 160 Å². The lowest BCUT2D eigenvalue weighted by atomic mass is 9.52. The van der Waals surface area contributed by atoms with Crippen molar-refractivity contribution in [2.75, 3.05) is 6.54 Å². The summed E-state index contributed by atoms with van der Waals surface area (Å²) in [5, 5.41) is 18.1. The third-order valence-corrected chi connectivity index (χ3v) is 6.97. The number of carbonyl (C=O) groups is 1. The van der Waals surface area contributed by atoms with Crippen LogP contribution in [0.2, 0.25) is 5.02 Å². The summed E-state index contributed by atoms with van der Waals surface area (Å²) < 4.78 is 0. The van der Waals surface area contributed by atoms with Gasteiger partial charge in [0.05, 0.1) is 11.6 Å². The summed E-state index contributed by atoms with van der Waals surface area (Å²) in [4.78, 5) is 12.6. The zero-order chi connectivity index (χ0) is 18.3. The largest absolute Gasteiger partial charge is 0.390 e. The second kappa shape index (κ2) is 7.14. The molecule has 4 nitrogen and oxygen atoms in total. The molecule has 1 aromatic rings. The predicted octanol–water partition coefficient (Wildman–Crippen LogP) is 2.92. The lowest BCUT2D eigenvalue weighted by Gasteiger charge is -2.58. The first-order valence-corrected chi connectivity index (χ1v) is 10.3. The van der Waals surface area contributed by atoms with Gasteiger partial charge in [0.15, 0.2) is 0 Å². The minimum absolute atomic E-state index is 0.0885. The van der Waals surface area contributed by atoms with E-state index in [0.29, 0.717) is 17.8 Å². The Morgan fingerprint density at radius 1 is 1.23 bits per heavy atom. The van der Waals surface area contributed by atoms with E-state index in [2.05, 4.69) is 10.6 Å². The average molecular weight is 377 g/mol. The van der Waals surface area contributed by atoms with Gasteiger partial charge in [0.25, 0.3) is 0 Å². The molecule has 142 valence electrons. The minimum atomic E-state index is -0.444. The van der Waals surface area contributed by atoms with Crippen LogP contribution in [0.4, 0.5) is 0 Å². The topological polar surface area (TPSA) is 61.4 Å². The van der Waals surface area contributed by atoms with Crippen molar-refractivity contribution in [1.29, 1.82) is 0 Å². The predicted molar refractivity (Wildman–Crippen MR) is 103 cm³/mol. The van der Waals surface area contributed by atoms with Crippen molar-refractivity contribution < 1.29 is 9.90 Å². The maximum Gasteiger partial charge on any atom is 0.237 e. The lowest BCUT2D eigenvalue weighted by Crippen LogP contribution is -2.63. The zero-order valence-corrected chi connectivity index (χ0v) is 16.1. The highest BCUT2D eigenvalue weighted by molar-refractivity contribution is 6.30. The Morgan fingerprint density at radius 2 is 1.88 bits per heavy atom. The van der Waals surface area contributed by atoms with Gasteiger partial charge in [-0.1, -0.05) is 23.7 Å². The van der Waals surface area contributed by atoms with E-state index in [1.165, 1.54) is 18.4 Å². The van der Waals surface area contributed by atoms with Crippen molar-refractivity contribution in [2.24, 2.45) is 17.8 Å². The van der Waals surface area contributed by atoms with Crippen molar-refractivity contribution in [2.45, 2.75) is 63.1 Å². The van der Waals surface area contributed by atoms with Gasteiger partial charge >= 0.3 is 0 Å². The van der Waals surface area contributed by atoms with Gasteiger partial charge in [0.1, 0.15) is 0 Å². The number of aliphatic hydroxyl groups is 1. The van der Waals surface area contributed by atoms with E-state index in [1.807, 2.05) is 31.2 Å². The van der Waals surface area contributed by atoms with E-state index in [1.54, 1.807) is 0 Å². The van der Waals surface area contributed by atoms with Crippen LogP contribution in [-0.2, 0) is 11.2 Å². The summed E-state index contributed by atoms with van der Waals surface area (Å²) in [5.74, 6) is 1.67. The molecule has 1 aromatic carbocycles. The average Bonchev–Trinajstić information content (AvgIpc) is 2.58. The number of benzene rings is 1. The molecule has 4 bridgehead atoms. The smallest absolute Gasteiger partial charge is 0.237 e. The van der Waals surface area contributed by atoms with Crippen molar-refractivity contribution in [3.8, 4) is 0 Å². The quantitative estimate of drug-likeness (QED) is 0.715. The number of nitrogens with one attached hydrogen (secondary N) is 2. The van der Waals surface area contributed by atoms with Crippen molar-refractivity contribution in [1.82, 2.24) is 10.6 Å². The second-order valence-corrected chi connectivity index (χ2v) is 9.22. The molecule has 0 aromatic heterocycles. The van der Waals surface area contributed by atoms with Gasteiger partial charge in [-0.3, -0.25) is 4.79 Å². The number of carbonyl (C=O) groups excluding carboxylic acids is 1. The van der Waals surface area contributed by atoms with Crippen molar-refractivity contribution >= 4 is 17.5 Å². The normalized spacial score (nSPS) is 36.1. The third-order valence-electron chi connectivity index (χ3n) is 6.72. The molecule has 0 radical (unpaired) electrons. The van der Waals surface area contributed by atoms with Crippen LogP contribution in [0.5, 0.6) is 0 Å². The Bertz CT molecular complexity index is 646. The molecule has 4 aliphatic carbocycles. The fourth-order valence-electron chi connectivity index (χ4n) is 5.68. The molecule has 0 saturated heterocycles. The van der Waals surface area contributed by atoms with Gasteiger partial charge in [-0.25, -0.2) is 0 Å². The molecular formula is C21H29ClN2O2. The van der Waals surface area contributed by atoms with Crippen LogP contribution in [0.1, 0.15) is 44.6 Å². The Hall–Kier alpha value is -1.10. The molecule has 5 rings (SSSR count). The van der Waals surface area contributed by atoms with E-state index >= 15 is 0 Å². The zero-order valence-electron chi connectivity index (χ0n) is 15.4. The van der Waals surface area contributed by atoms with E-state index in [4.69, 9.17) is 11.6 Å². The van der Waals surface area contributed by atoms with Crippen LogP contribution in [0.3, 0.4) is 0 Å². The second-order valence-electron chi connectivity index (χ2n) is 8.78. The summed E-state index contributed by atoms with van der Waals surface area (Å²) in [6.45, 7) is 2.69. The molecule has 26 heavy (non-hydrogen) atoms. The van der Waals surface area contributed by atoms with Gasteiger partial charge in [0.2, 0.25) is 5.91 Å². The summed E-state index contributed by atoms with van der Waals surface area (Å²) in [6.07, 6.45) is 5.92. The molecule has 0 spiro atoms. The molecule has 0 aliphatic heterocycles. The van der Waals surface area contributed by atoms with Gasteiger partial charge in [-0.15, -0.1) is 0 Å². The highest BCUT2D eigenvalue weighted by Crippen LogP contribution is 2.55. The molecule has 0 heterocycles. The SMILES string of the molecule is CC(NCCc1ccc(Cl)cc1)C(=O)NC1C2CC3CC1CC(O)(C3)C2. The molecule has 3 atom stereocenters. The number of hydrogen-bond acceptors (Lipinski definition) is 3. The molecule has 3 unspecified atom stereocenters. The van der Waals surface area contributed by atoms with Gasteiger partial charge in [-0.2, -0.15) is 0 Å². The number of hydrogen-bond donors (Lipinski definition) is 3. The molecule has 5 heteroatoms. The molecule has 3 N–H and O–H groups in total. The van der Waals surface area contributed by atoms with Gasteiger partial charge < -0.3 is 15.7 Å². The summed E-state index contributed by atoms with van der Waals surface area (Å²) in [5.41, 5.74) is 0.768. The fraction of sp³-hybridized carbons (Fsp3) is 0.667. The monoisotopic (exact) mass is 376 g/mol. The first kappa shape index (κ1) is 18.3. The standard InChI is InChI=1S/C21H29ClN2O2/c1-13(23-7-6-14-2-4-18(22)5-3-14)20(25)24-19-16-8-15-9-17(19)12-21(26,10-15)11-16/h2-5,13,15-17,19,23,26H,6-12H2,1H3,(H,24,25). The van der Waals surface area contributed by atoms with E-state index in [0.717, 1.165) is 37.3 Å². The number of rotatable bonds is 6. The fourth-order valence-corrected chi connectivity index (χ4v) is 5.81. The molecule has 4 saturated carbocycles. The Balaban J connectivity index is 1.26. The maximum atomic E-state index is 12.6. The first-order chi connectivity index (χ1) is 12.4. The molecule has 4 aliphatic rings. The third kappa shape index (κ3) is 3.78. The highest BCUT2D eigenvalue weighted by Gasteiger charge is 2.55. The van der Waals surface area contributed by atoms with E-state index in [-0.39, 0.29) is 18.0 Å². The van der Waals surface area contributed by atoms with Crippen LogP contribution >= 0.6 is 11.6 Å². The van der Waals surface area contributed by atoms with Crippen LogP contribution in [0, 0.1) is 17.8 Å². The number of halogens is 1. The Morgan fingerprint density at radius 3 is 2.50 bits per heavy atom. The van der Waals surface area contributed by atoms with Crippen molar-refractivity contribution in [3.63, 3.8) is 0 Å². The summed E-state index contributed by atoms with van der Waals surface area (Å²) in [6, 6.07) is 7.88. The summed E-state index contributed by atoms with van der Waals surface area (Å²) >= 11 is 5.91.